The van der Waals surface area contributed by atoms with Crippen LogP contribution in [-0.4, -0.2) is 87.2 Å². The van der Waals surface area contributed by atoms with E-state index in [1.54, 1.807) is 35.0 Å². The Bertz CT molecular complexity index is 812. The van der Waals surface area contributed by atoms with Crippen LogP contribution in [-0.2, 0) is 19.1 Å². The van der Waals surface area contributed by atoms with Crippen molar-refractivity contribution >= 4 is 23.5 Å². The number of nitrogens with zero attached hydrogens (tertiary/aromatic N) is 2. The van der Waals surface area contributed by atoms with Gasteiger partial charge < -0.3 is 29.3 Å². The summed E-state index contributed by atoms with van der Waals surface area (Å²) in [5.41, 5.74) is 0.941. The number of likely N-dealkylation sites (N-methyl/N-ethyl adjacent to an activating group) is 2. The lowest BCUT2D eigenvalue weighted by molar-refractivity contribution is -0.151. The highest BCUT2D eigenvalue weighted by molar-refractivity contribution is 6.00. The van der Waals surface area contributed by atoms with Crippen molar-refractivity contribution in [1.29, 1.82) is 0 Å². The van der Waals surface area contributed by atoms with E-state index in [1.165, 1.54) is 7.11 Å². The molecule has 2 aliphatic rings. The molecule has 3 atom stereocenters. The maximum absolute atomic E-state index is 13.2. The molecule has 0 bridgehead atoms. The number of ether oxygens (including phenoxy) is 3. The van der Waals surface area contributed by atoms with Gasteiger partial charge in [0.1, 0.15) is 18.5 Å². The molecular weight excluding hydrogens is 390 g/mol. The Kier molecular flexibility index (Phi) is 6.94. The molecule has 2 heterocycles. The Hall–Kier alpha value is -2.65. The number of carbonyl (C=O) groups is 3. The lowest BCUT2D eigenvalue weighted by Gasteiger charge is -2.42. The zero-order valence-electron chi connectivity index (χ0n) is 17.8. The van der Waals surface area contributed by atoms with Gasteiger partial charge in [-0.05, 0) is 45.1 Å². The molecule has 2 amide bonds. The third-order valence-electron chi connectivity index (χ3n) is 5.38. The van der Waals surface area contributed by atoms with E-state index in [0.29, 0.717) is 29.8 Å². The van der Waals surface area contributed by atoms with Crippen LogP contribution in [0.5, 0.6) is 5.75 Å². The van der Waals surface area contributed by atoms with E-state index in [9.17, 15) is 14.4 Å². The van der Waals surface area contributed by atoms with Crippen molar-refractivity contribution in [1.82, 2.24) is 9.80 Å². The van der Waals surface area contributed by atoms with E-state index in [2.05, 4.69) is 5.32 Å². The van der Waals surface area contributed by atoms with E-state index in [1.807, 2.05) is 14.1 Å². The Balaban J connectivity index is 1.76. The van der Waals surface area contributed by atoms with E-state index in [0.717, 1.165) is 0 Å². The molecule has 1 fully saturated rings. The lowest BCUT2D eigenvalue weighted by Crippen LogP contribution is -2.53. The normalized spacial score (nSPS) is 23.6. The van der Waals surface area contributed by atoms with Crippen molar-refractivity contribution in [3.05, 3.63) is 23.8 Å². The van der Waals surface area contributed by atoms with Crippen molar-refractivity contribution in [2.45, 2.75) is 37.5 Å². The number of methoxy groups -OCH3 is 1. The summed E-state index contributed by atoms with van der Waals surface area (Å²) in [5.74, 6) is -0.234. The van der Waals surface area contributed by atoms with Gasteiger partial charge in [-0.1, -0.05) is 0 Å². The minimum atomic E-state index is -0.338. The second-order valence-corrected chi connectivity index (χ2v) is 7.95. The fourth-order valence-electron chi connectivity index (χ4n) is 3.86. The molecule has 0 aliphatic carbocycles. The molecule has 1 N–H and O–H groups in total. The summed E-state index contributed by atoms with van der Waals surface area (Å²) < 4.78 is 16.7. The van der Waals surface area contributed by atoms with Gasteiger partial charge in [0.2, 0.25) is 5.91 Å². The highest BCUT2D eigenvalue weighted by Gasteiger charge is 2.39. The fraction of sp³-hybridized carbons (Fsp3) is 0.571. The van der Waals surface area contributed by atoms with Gasteiger partial charge in [0, 0.05) is 12.7 Å². The van der Waals surface area contributed by atoms with Crippen LogP contribution in [0, 0.1) is 0 Å². The number of amides is 2. The number of anilines is 1. The Morgan fingerprint density at radius 1 is 1.30 bits per heavy atom. The third kappa shape index (κ3) is 5.09. The molecule has 1 aromatic carbocycles. The first kappa shape index (κ1) is 22.0. The van der Waals surface area contributed by atoms with Gasteiger partial charge in [0.25, 0.3) is 5.91 Å². The number of hydrogen-bond donors (Lipinski definition) is 1. The standard InChI is InChI=1S/C21H29N3O6/c1-23(2)11-19(25)22-13-5-8-17-15(9-13)21(27)24(3)16-7-6-14(10-20(26)28-4)30-18(16)12-29-17/h5,8-9,14,16,18H,6-7,10-12H2,1-4H3,(H,22,25)/t14-,16+,18-/m1/s1. The second-order valence-electron chi connectivity index (χ2n) is 7.95. The largest absolute Gasteiger partial charge is 0.490 e. The topological polar surface area (TPSA) is 97.4 Å². The lowest BCUT2D eigenvalue weighted by atomic mass is 9.94. The number of benzene rings is 1. The predicted octanol–water partition coefficient (Wildman–Crippen LogP) is 1.13. The summed E-state index contributed by atoms with van der Waals surface area (Å²) in [7, 11) is 6.72. The first-order valence-corrected chi connectivity index (χ1v) is 9.99. The minimum absolute atomic E-state index is 0.161. The first-order valence-electron chi connectivity index (χ1n) is 9.99. The summed E-state index contributed by atoms with van der Waals surface area (Å²) in [5, 5.41) is 2.81. The number of hydrogen-bond acceptors (Lipinski definition) is 7. The van der Waals surface area contributed by atoms with Crippen molar-refractivity contribution in [3.63, 3.8) is 0 Å². The molecule has 3 rings (SSSR count). The van der Waals surface area contributed by atoms with Crippen LogP contribution in [0.15, 0.2) is 18.2 Å². The Morgan fingerprint density at radius 2 is 2.07 bits per heavy atom. The maximum Gasteiger partial charge on any atom is 0.308 e. The Labute approximate surface area is 176 Å². The van der Waals surface area contributed by atoms with Crippen LogP contribution in [0.25, 0.3) is 0 Å². The van der Waals surface area contributed by atoms with Crippen molar-refractivity contribution < 1.29 is 28.6 Å². The average Bonchev–Trinajstić information content (AvgIpc) is 2.70. The zero-order chi connectivity index (χ0) is 21.8. The van der Waals surface area contributed by atoms with Crippen LogP contribution in [0.2, 0.25) is 0 Å². The molecule has 164 valence electrons. The highest BCUT2D eigenvalue weighted by Crippen LogP contribution is 2.32. The number of nitrogens with one attached hydrogen (secondary N) is 1. The van der Waals surface area contributed by atoms with Gasteiger partial charge in [-0.2, -0.15) is 0 Å². The van der Waals surface area contributed by atoms with E-state index in [-0.39, 0.29) is 55.6 Å². The molecule has 2 aliphatic heterocycles. The molecule has 0 unspecified atom stereocenters. The van der Waals surface area contributed by atoms with Gasteiger partial charge in [0.05, 0.1) is 37.8 Å². The zero-order valence-corrected chi connectivity index (χ0v) is 17.8. The average molecular weight is 419 g/mol. The minimum Gasteiger partial charge on any atom is -0.490 e. The van der Waals surface area contributed by atoms with Gasteiger partial charge >= 0.3 is 5.97 Å². The summed E-state index contributed by atoms with van der Waals surface area (Å²) in [4.78, 5) is 40.2. The molecule has 30 heavy (non-hydrogen) atoms. The molecule has 0 spiro atoms. The molecule has 1 saturated heterocycles. The SMILES string of the molecule is COC(=O)C[C@H]1CC[C@H]2[C@@H](COc3ccc(NC(=O)CN(C)C)cc3C(=O)N2C)O1. The summed E-state index contributed by atoms with van der Waals surface area (Å²) in [6, 6.07) is 4.87. The highest BCUT2D eigenvalue weighted by atomic mass is 16.5. The van der Waals surface area contributed by atoms with Gasteiger partial charge in [-0.15, -0.1) is 0 Å². The monoisotopic (exact) mass is 419 g/mol. The third-order valence-corrected chi connectivity index (χ3v) is 5.38. The fourth-order valence-corrected chi connectivity index (χ4v) is 3.86. The van der Waals surface area contributed by atoms with Crippen molar-refractivity contribution in [2.24, 2.45) is 0 Å². The molecule has 9 heteroatoms. The quantitative estimate of drug-likeness (QED) is 0.715. The van der Waals surface area contributed by atoms with Crippen LogP contribution in [0.1, 0.15) is 29.6 Å². The van der Waals surface area contributed by atoms with Crippen molar-refractivity contribution in [2.75, 3.05) is 46.7 Å². The maximum atomic E-state index is 13.2. The van der Waals surface area contributed by atoms with E-state index >= 15 is 0 Å². The molecule has 0 saturated carbocycles. The molecular formula is C21H29N3O6. The summed E-state index contributed by atoms with van der Waals surface area (Å²) in [6.45, 7) is 0.508. The van der Waals surface area contributed by atoms with E-state index in [4.69, 9.17) is 14.2 Å². The molecule has 0 aromatic heterocycles. The number of rotatable bonds is 5. The second kappa shape index (κ2) is 9.44. The number of carbonyl (C=O) groups excluding carboxylic acids is 3. The van der Waals surface area contributed by atoms with E-state index < -0.39 is 0 Å². The number of fused-ring (bicyclic) bond motifs is 2. The predicted molar refractivity (Wildman–Crippen MR) is 110 cm³/mol. The van der Waals surface area contributed by atoms with Gasteiger partial charge in [-0.3, -0.25) is 14.4 Å². The van der Waals surface area contributed by atoms with Crippen LogP contribution >= 0.6 is 0 Å². The van der Waals surface area contributed by atoms with Gasteiger partial charge in [0.15, 0.2) is 0 Å². The van der Waals surface area contributed by atoms with Crippen LogP contribution in [0.4, 0.5) is 5.69 Å². The first-order chi connectivity index (χ1) is 14.3. The smallest absolute Gasteiger partial charge is 0.308 e. The molecule has 0 radical (unpaired) electrons. The Morgan fingerprint density at radius 3 is 2.77 bits per heavy atom. The molecule has 9 nitrogen and oxygen atoms in total. The summed E-state index contributed by atoms with van der Waals surface area (Å²) >= 11 is 0. The molecule has 1 aromatic rings. The number of esters is 1. The van der Waals surface area contributed by atoms with Crippen molar-refractivity contribution in [3.8, 4) is 5.75 Å². The van der Waals surface area contributed by atoms with Crippen LogP contribution < -0.4 is 10.1 Å². The van der Waals surface area contributed by atoms with Gasteiger partial charge in [-0.25, -0.2) is 0 Å². The van der Waals surface area contributed by atoms with Crippen LogP contribution in [0.3, 0.4) is 0 Å². The summed E-state index contributed by atoms with van der Waals surface area (Å²) in [6.07, 6.45) is 0.951.